The molecule has 0 fully saturated rings. The van der Waals surface area contributed by atoms with Crippen LogP contribution < -0.4 is 4.74 Å². The van der Waals surface area contributed by atoms with Crippen LogP contribution in [0.3, 0.4) is 0 Å². The van der Waals surface area contributed by atoms with E-state index in [2.05, 4.69) is 0 Å². The Morgan fingerprint density at radius 3 is 1.63 bits per heavy atom. The van der Waals surface area contributed by atoms with Crippen LogP contribution >= 0.6 is 15.2 Å². The van der Waals surface area contributed by atoms with E-state index < -0.39 is 20.6 Å². The topological polar surface area (TPSA) is 101 Å². The van der Waals surface area contributed by atoms with Crippen LogP contribution in [-0.4, -0.2) is 38.6 Å². The monoisotopic (exact) mass is 424 g/mol. The minimum absolute atomic E-state index is 0.0645. The van der Waals surface area contributed by atoms with E-state index >= 15 is 0 Å². The fraction of sp³-hybridized carbons (Fsp3) is 0.647. The Kier molecular flexibility index (Phi) is 9.49. The van der Waals surface area contributed by atoms with Gasteiger partial charge < -0.3 is 27.9 Å². The molecule has 0 aliphatic heterocycles. The smallest absolute Gasteiger partial charge is 0.350 e. The molecule has 0 saturated carbocycles. The zero-order valence-corrected chi connectivity index (χ0v) is 18.5. The van der Waals surface area contributed by atoms with Gasteiger partial charge in [0.2, 0.25) is 0 Å². The minimum Gasteiger partial charge on any atom is -0.504 e. The number of rotatable bonds is 12. The predicted molar refractivity (Wildman–Crippen MR) is 104 cm³/mol. The number of phenolic OH excluding ortho intramolecular Hbond substituents is 1. The van der Waals surface area contributed by atoms with Gasteiger partial charge in [-0.15, -0.1) is 0 Å². The number of methoxy groups -OCH3 is 1. The lowest BCUT2D eigenvalue weighted by molar-refractivity contribution is 0.195. The van der Waals surface area contributed by atoms with Gasteiger partial charge >= 0.3 is 15.2 Å². The maximum atomic E-state index is 13.6. The summed E-state index contributed by atoms with van der Waals surface area (Å²) in [6.45, 7) is 8.64. The summed E-state index contributed by atoms with van der Waals surface area (Å²) < 4.78 is 54.3. The highest BCUT2D eigenvalue weighted by molar-refractivity contribution is 7.72. The second-order valence-electron chi connectivity index (χ2n) is 5.51. The molecule has 0 spiro atoms. The van der Waals surface area contributed by atoms with Crippen molar-refractivity contribution in [3.05, 3.63) is 23.3 Å². The molecular formula is C17H30O8P2. The first kappa shape index (κ1) is 24.2. The number of ether oxygens (including phenoxy) is 1. The summed E-state index contributed by atoms with van der Waals surface area (Å²) >= 11 is 0. The van der Waals surface area contributed by atoms with Crippen molar-refractivity contribution >= 4 is 15.2 Å². The summed E-state index contributed by atoms with van der Waals surface area (Å²) in [5, 5.41) is 8.81. The van der Waals surface area contributed by atoms with Crippen LogP contribution in [0.15, 0.2) is 12.1 Å². The molecule has 0 unspecified atom stereocenters. The molecule has 1 aromatic rings. The molecule has 0 heterocycles. The standard InChI is InChI=1S/C17H30O8P2/c1-7-22-26(19,23-8-2)17(27(20,24-9-3)25-10-4)14-11-13(5)16(18)15(12-14)21-6/h11-12,17-18H,7-10H2,1-6H3. The third-order valence-corrected chi connectivity index (χ3v) is 9.60. The lowest BCUT2D eigenvalue weighted by Gasteiger charge is -2.32. The molecule has 0 atom stereocenters. The summed E-state index contributed by atoms with van der Waals surface area (Å²) in [6.07, 6.45) is 0. The first-order chi connectivity index (χ1) is 12.7. The number of benzene rings is 1. The molecule has 1 N–H and O–H groups in total. The van der Waals surface area contributed by atoms with E-state index in [1.165, 1.54) is 13.2 Å². The van der Waals surface area contributed by atoms with E-state index in [1.54, 1.807) is 40.7 Å². The number of phenols is 1. The van der Waals surface area contributed by atoms with Crippen LogP contribution in [-0.2, 0) is 27.2 Å². The first-order valence-corrected chi connectivity index (χ1v) is 12.1. The van der Waals surface area contributed by atoms with Crippen LogP contribution in [0.4, 0.5) is 0 Å². The zero-order valence-electron chi connectivity index (χ0n) is 16.8. The Morgan fingerprint density at radius 2 is 1.30 bits per heavy atom. The molecule has 10 heteroatoms. The number of hydrogen-bond acceptors (Lipinski definition) is 8. The van der Waals surface area contributed by atoms with Crippen molar-refractivity contribution in [2.45, 2.75) is 40.0 Å². The van der Waals surface area contributed by atoms with Gasteiger partial charge in [0.05, 0.1) is 33.5 Å². The van der Waals surface area contributed by atoms with Crippen LogP contribution in [0.5, 0.6) is 11.5 Å². The van der Waals surface area contributed by atoms with Gasteiger partial charge in [-0.05, 0) is 51.8 Å². The van der Waals surface area contributed by atoms with Crippen molar-refractivity contribution in [3.8, 4) is 11.5 Å². The van der Waals surface area contributed by atoms with Crippen molar-refractivity contribution in [3.63, 3.8) is 0 Å². The van der Waals surface area contributed by atoms with Crippen LogP contribution in [0.25, 0.3) is 0 Å². The van der Waals surface area contributed by atoms with Gasteiger partial charge in [-0.3, -0.25) is 9.13 Å². The Bertz CT molecular complexity index is 656. The molecule has 8 nitrogen and oxygen atoms in total. The fourth-order valence-electron chi connectivity index (χ4n) is 2.69. The average Bonchev–Trinajstić information content (AvgIpc) is 2.58. The summed E-state index contributed by atoms with van der Waals surface area (Å²) in [4.78, 5) is 0. The second kappa shape index (κ2) is 10.6. The molecule has 27 heavy (non-hydrogen) atoms. The molecular weight excluding hydrogens is 394 g/mol. The molecule has 0 aromatic heterocycles. The van der Waals surface area contributed by atoms with Gasteiger partial charge in [-0.2, -0.15) is 0 Å². The van der Waals surface area contributed by atoms with Gasteiger partial charge in [0.25, 0.3) is 0 Å². The molecule has 156 valence electrons. The van der Waals surface area contributed by atoms with Crippen LogP contribution in [0.2, 0.25) is 0 Å². The van der Waals surface area contributed by atoms with Gasteiger partial charge in [-0.1, -0.05) is 6.07 Å². The third kappa shape index (κ3) is 5.57. The van der Waals surface area contributed by atoms with Gasteiger partial charge in [0.15, 0.2) is 16.9 Å². The van der Waals surface area contributed by atoms with Gasteiger partial charge in [-0.25, -0.2) is 0 Å². The van der Waals surface area contributed by atoms with Crippen molar-refractivity contribution in [1.82, 2.24) is 0 Å². The number of hydrogen-bond donors (Lipinski definition) is 1. The SMILES string of the molecule is CCOP(=O)(OCC)C(c1cc(C)c(O)c(OC)c1)P(=O)(OCC)OCC. The quantitative estimate of drug-likeness (QED) is 0.455. The van der Waals surface area contributed by atoms with Crippen molar-refractivity contribution in [2.75, 3.05) is 33.5 Å². The molecule has 0 aliphatic rings. The Hall–Kier alpha value is -0.880. The summed E-state index contributed by atoms with van der Waals surface area (Å²) in [5.74, 6) is 0.0828. The van der Waals surface area contributed by atoms with E-state index in [9.17, 15) is 14.2 Å². The largest absolute Gasteiger partial charge is 0.504 e. The maximum Gasteiger partial charge on any atom is 0.350 e. The lowest BCUT2D eigenvalue weighted by atomic mass is 10.1. The van der Waals surface area contributed by atoms with Crippen molar-refractivity contribution in [2.24, 2.45) is 0 Å². The summed E-state index contributed by atoms with van der Waals surface area (Å²) in [6, 6.07) is 3.00. The lowest BCUT2D eigenvalue weighted by Crippen LogP contribution is -2.12. The minimum atomic E-state index is -3.95. The highest BCUT2D eigenvalue weighted by Gasteiger charge is 2.52. The van der Waals surface area contributed by atoms with Crippen LogP contribution in [0, 0.1) is 6.92 Å². The maximum absolute atomic E-state index is 13.6. The van der Waals surface area contributed by atoms with E-state index in [1.807, 2.05) is 0 Å². The summed E-state index contributed by atoms with van der Waals surface area (Å²) in [7, 11) is -6.50. The predicted octanol–water partition coefficient (Wildman–Crippen LogP) is 5.24. The van der Waals surface area contributed by atoms with Gasteiger partial charge in [0.1, 0.15) is 0 Å². The number of aromatic hydroxyl groups is 1. The molecule has 0 bridgehead atoms. The molecule has 1 aromatic carbocycles. The summed E-state index contributed by atoms with van der Waals surface area (Å²) in [5.41, 5.74) is 0.770. The van der Waals surface area contributed by atoms with E-state index in [0.717, 1.165) is 0 Å². The Morgan fingerprint density at radius 1 is 0.889 bits per heavy atom. The molecule has 0 radical (unpaired) electrons. The third-order valence-electron chi connectivity index (χ3n) is 3.64. The second-order valence-corrected chi connectivity index (χ2v) is 10.1. The van der Waals surface area contributed by atoms with Crippen molar-refractivity contribution in [1.29, 1.82) is 0 Å². The molecule has 0 amide bonds. The zero-order chi connectivity index (χ0) is 20.7. The molecule has 1 rings (SSSR count). The number of aryl methyl sites for hydroxylation is 1. The fourth-order valence-corrected chi connectivity index (χ4v) is 8.06. The molecule has 0 aliphatic carbocycles. The van der Waals surface area contributed by atoms with Crippen LogP contribution in [0.1, 0.15) is 44.2 Å². The Labute approximate surface area is 161 Å². The van der Waals surface area contributed by atoms with Crippen molar-refractivity contribution < 1.29 is 37.1 Å². The highest BCUT2D eigenvalue weighted by atomic mass is 31.2. The molecule has 0 saturated heterocycles. The van der Waals surface area contributed by atoms with E-state index in [4.69, 9.17) is 22.8 Å². The average molecular weight is 424 g/mol. The van der Waals surface area contributed by atoms with E-state index in [0.29, 0.717) is 11.1 Å². The normalized spacial score (nSPS) is 12.6. The highest BCUT2D eigenvalue weighted by Crippen LogP contribution is 2.78. The first-order valence-electron chi connectivity index (χ1n) is 8.87. The van der Waals surface area contributed by atoms with Gasteiger partial charge in [0, 0.05) is 0 Å². The van der Waals surface area contributed by atoms with E-state index in [-0.39, 0.29) is 37.9 Å². The Balaban J connectivity index is 3.75.